The molecule has 0 aliphatic carbocycles. The largest absolute Gasteiger partial charge is 0.493 e. The lowest BCUT2D eigenvalue weighted by atomic mass is 10.1. The van der Waals surface area contributed by atoms with Gasteiger partial charge >= 0.3 is 10.1 Å². The summed E-state index contributed by atoms with van der Waals surface area (Å²) in [6.07, 6.45) is 0. The Kier molecular flexibility index (Phi) is 5.90. The average Bonchev–Trinajstić information content (AvgIpc) is 2.72. The highest BCUT2D eigenvalue weighted by Gasteiger charge is 2.18. The molecule has 1 N–H and O–H groups in total. The van der Waals surface area contributed by atoms with Crippen LogP contribution in [-0.2, 0) is 17.2 Å². The Morgan fingerprint density at radius 2 is 1.77 bits per heavy atom. The summed E-state index contributed by atoms with van der Waals surface area (Å²) in [7, 11) is -2.73. The molecule has 0 aliphatic rings. The van der Waals surface area contributed by atoms with Crippen molar-refractivity contribution in [2.45, 2.75) is 18.7 Å². The molecule has 3 aromatic rings. The second-order valence-corrected chi connectivity index (χ2v) is 8.25. The number of pyridine rings is 1. The summed E-state index contributed by atoms with van der Waals surface area (Å²) >= 11 is 0. The van der Waals surface area contributed by atoms with Crippen molar-refractivity contribution < 1.29 is 17.7 Å². The standard InChI is InChI=1S/C21H18N4O5S/c1-13-9-15(11-16(10-13)30-31(28,29)17-7-5-4-6-8-17)23-24-19-14(2)18(12-22)20(26)25(3)21(19)27/h4-11,26H,1-3H3. The van der Waals surface area contributed by atoms with Gasteiger partial charge in [0.25, 0.3) is 5.56 Å². The monoisotopic (exact) mass is 438 g/mol. The van der Waals surface area contributed by atoms with Gasteiger partial charge in [-0.15, -0.1) is 5.11 Å². The quantitative estimate of drug-likeness (QED) is 0.476. The number of aromatic nitrogens is 1. The number of azo groups is 1. The molecule has 0 spiro atoms. The third-order valence-corrected chi connectivity index (χ3v) is 5.69. The third kappa shape index (κ3) is 4.46. The van der Waals surface area contributed by atoms with Gasteiger partial charge in [0, 0.05) is 18.7 Å². The van der Waals surface area contributed by atoms with Crippen LogP contribution in [0.3, 0.4) is 0 Å². The van der Waals surface area contributed by atoms with E-state index in [0.29, 0.717) is 5.56 Å². The lowest BCUT2D eigenvalue weighted by Crippen LogP contribution is -2.18. The first-order valence-electron chi connectivity index (χ1n) is 8.99. The van der Waals surface area contributed by atoms with Crippen LogP contribution in [0.5, 0.6) is 11.6 Å². The van der Waals surface area contributed by atoms with Crippen LogP contribution in [-0.4, -0.2) is 18.1 Å². The molecule has 0 fully saturated rings. The molecule has 0 atom stereocenters. The highest BCUT2D eigenvalue weighted by Crippen LogP contribution is 2.29. The van der Waals surface area contributed by atoms with E-state index in [1.807, 2.05) is 6.07 Å². The van der Waals surface area contributed by atoms with Crippen molar-refractivity contribution in [1.82, 2.24) is 4.57 Å². The van der Waals surface area contributed by atoms with Crippen LogP contribution in [0.15, 0.2) is 68.4 Å². The number of rotatable bonds is 5. The number of aromatic hydroxyl groups is 1. The van der Waals surface area contributed by atoms with E-state index in [1.54, 1.807) is 31.2 Å². The van der Waals surface area contributed by atoms with Crippen molar-refractivity contribution >= 4 is 21.5 Å². The van der Waals surface area contributed by atoms with Crippen LogP contribution in [0.25, 0.3) is 0 Å². The van der Waals surface area contributed by atoms with Crippen LogP contribution >= 0.6 is 0 Å². The molecule has 158 valence electrons. The Balaban J connectivity index is 1.99. The first kappa shape index (κ1) is 21.7. The zero-order valence-electron chi connectivity index (χ0n) is 16.9. The van der Waals surface area contributed by atoms with E-state index in [-0.39, 0.29) is 33.1 Å². The smallest absolute Gasteiger partial charge is 0.339 e. The molecule has 9 nitrogen and oxygen atoms in total. The predicted molar refractivity (Wildman–Crippen MR) is 112 cm³/mol. The summed E-state index contributed by atoms with van der Waals surface area (Å²) < 4.78 is 31.0. The average molecular weight is 438 g/mol. The molecule has 0 unspecified atom stereocenters. The molecule has 0 bridgehead atoms. The van der Waals surface area contributed by atoms with E-state index in [2.05, 4.69) is 10.2 Å². The molecule has 31 heavy (non-hydrogen) atoms. The van der Waals surface area contributed by atoms with Crippen LogP contribution in [0.2, 0.25) is 0 Å². The van der Waals surface area contributed by atoms with Crippen LogP contribution in [0.4, 0.5) is 11.4 Å². The van der Waals surface area contributed by atoms with Crippen LogP contribution in [0.1, 0.15) is 16.7 Å². The Bertz CT molecular complexity index is 1390. The van der Waals surface area contributed by atoms with Gasteiger partial charge in [0.2, 0.25) is 5.88 Å². The Morgan fingerprint density at radius 1 is 1.10 bits per heavy atom. The zero-order chi connectivity index (χ0) is 22.8. The highest BCUT2D eigenvalue weighted by atomic mass is 32.2. The van der Waals surface area contributed by atoms with E-state index in [0.717, 1.165) is 4.57 Å². The maximum atomic E-state index is 12.5. The molecule has 0 aliphatic heterocycles. The third-order valence-electron chi connectivity index (χ3n) is 4.43. The van der Waals surface area contributed by atoms with Crippen molar-refractivity contribution in [2.24, 2.45) is 17.3 Å². The molecular formula is C21H18N4O5S. The van der Waals surface area contributed by atoms with Crippen molar-refractivity contribution in [2.75, 3.05) is 0 Å². The molecular weight excluding hydrogens is 420 g/mol. The number of nitriles is 1. The first-order chi connectivity index (χ1) is 14.6. The summed E-state index contributed by atoms with van der Waals surface area (Å²) in [5.74, 6) is -0.424. The van der Waals surface area contributed by atoms with Crippen LogP contribution < -0.4 is 9.74 Å². The normalized spacial score (nSPS) is 11.4. The van der Waals surface area contributed by atoms with Gasteiger partial charge in [0.1, 0.15) is 22.3 Å². The van der Waals surface area contributed by atoms with Gasteiger partial charge in [-0.1, -0.05) is 18.2 Å². The molecule has 10 heteroatoms. The van der Waals surface area contributed by atoms with Crippen molar-refractivity contribution in [3.8, 4) is 17.7 Å². The molecule has 2 aromatic carbocycles. The van der Waals surface area contributed by atoms with Gasteiger partial charge in [-0.3, -0.25) is 9.36 Å². The zero-order valence-corrected chi connectivity index (χ0v) is 17.7. The van der Waals surface area contributed by atoms with Gasteiger partial charge in [0.15, 0.2) is 5.69 Å². The van der Waals surface area contributed by atoms with Gasteiger partial charge < -0.3 is 9.29 Å². The maximum Gasteiger partial charge on any atom is 0.339 e. The van der Waals surface area contributed by atoms with Crippen LogP contribution in [0, 0.1) is 25.2 Å². The van der Waals surface area contributed by atoms with E-state index in [9.17, 15) is 23.6 Å². The number of nitrogens with zero attached hydrogens (tertiary/aromatic N) is 4. The fourth-order valence-corrected chi connectivity index (χ4v) is 3.76. The predicted octanol–water partition coefficient (Wildman–Crippen LogP) is 3.76. The minimum atomic E-state index is -4.04. The SMILES string of the molecule is Cc1cc(N=Nc2c(C)c(C#N)c(O)n(C)c2=O)cc(OS(=O)(=O)c2ccccc2)c1. The van der Waals surface area contributed by atoms with E-state index < -0.39 is 21.6 Å². The number of hydrogen-bond donors (Lipinski definition) is 1. The first-order valence-corrected chi connectivity index (χ1v) is 10.4. The van der Waals surface area contributed by atoms with E-state index >= 15 is 0 Å². The minimum absolute atomic E-state index is 0.00642. The van der Waals surface area contributed by atoms with E-state index in [1.165, 1.54) is 38.2 Å². The summed E-state index contributed by atoms with van der Waals surface area (Å²) in [6.45, 7) is 3.20. The summed E-state index contributed by atoms with van der Waals surface area (Å²) in [5, 5.41) is 27.1. The summed E-state index contributed by atoms with van der Waals surface area (Å²) in [6, 6.07) is 14.0. The lowest BCUT2D eigenvalue weighted by Gasteiger charge is -2.09. The van der Waals surface area contributed by atoms with Crippen molar-refractivity contribution in [1.29, 1.82) is 5.26 Å². The Hall–Kier alpha value is -3.97. The number of benzene rings is 2. The Morgan fingerprint density at radius 3 is 2.42 bits per heavy atom. The number of hydrogen-bond acceptors (Lipinski definition) is 8. The second kappa shape index (κ2) is 8.41. The minimum Gasteiger partial charge on any atom is -0.493 e. The maximum absolute atomic E-state index is 12.5. The van der Waals surface area contributed by atoms with Crippen molar-refractivity contribution in [3.05, 3.63) is 75.6 Å². The molecule has 0 saturated heterocycles. The second-order valence-electron chi connectivity index (χ2n) is 6.70. The van der Waals surface area contributed by atoms with Gasteiger partial charge in [0.05, 0.1) is 5.69 Å². The molecule has 0 saturated carbocycles. The highest BCUT2D eigenvalue weighted by molar-refractivity contribution is 7.87. The fourth-order valence-electron chi connectivity index (χ4n) is 2.82. The molecule has 3 rings (SSSR count). The molecule has 1 heterocycles. The fraction of sp³-hybridized carbons (Fsp3) is 0.143. The van der Waals surface area contributed by atoms with E-state index in [4.69, 9.17) is 4.18 Å². The van der Waals surface area contributed by atoms with Gasteiger partial charge in [-0.05, 0) is 43.7 Å². The molecule has 0 amide bonds. The molecule has 0 radical (unpaired) electrons. The summed E-state index contributed by atoms with van der Waals surface area (Å²) in [4.78, 5) is 12.4. The topological polar surface area (TPSA) is 134 Å². The van der Waals surface area contributed by atoms with Gasteiger partial charge in [-0.25, -0.2) is 0 Å². The summed E-state index contributed by atoms with van der Waals surface area (Å²) in [5.41, 5.74) is 0.251. The number of aryl methyl sites for hydroxylation is 1. The lowest BCUT2D eigenvalue weighted by molar-refractivity contribution is 0.421. The molecule has 1 aromatic heterocycles. The Labute approximate surface area is 178 Å². The van der Waals surface area contributed by atoms with Gasteiger partial charge in [-0.2, -0.15) is 18.8 Å². The van der Waals surface area contributed by atoms with Crippen molar-refractivity contribution in [3.63, 3.8) is 0 Å².